The summed E-state index contributed by atoms with van der Waals surface area (Å²) in [7, 11) is 0. The molecule has 0 fully saturated rings. The van der Waals surface area contributed by atoms with Gasteiger partial charge in [0.05, 0.1) is 22.4 Å². The van der Waals surface area contributed by atoms with Crippen LogP contribution in [-0.4, -0.2) is 16.2 Å². The molecule has 9 aromatic rings. The molecular weight excluding hydrogens is 829 g/mol. The van der Waals surface area contributed by atoms with Crippen molar-refractivity contribution >= 4 is 44.6 Å². The van der Waals surface area contributed by atoms with Crippen molar-refractivity contribution in [2.24, 2.45) is 0 Å². The van der Waals surface area contributed by atoms with Crippen molar-refractivity contribution in [3.05, 3.63) is 191 Å². The Bertz CT molecular complexity index is 3340. The van der Waals surface area contributed by atoms with E-state index in [1.54, 1.807) is 0 Å². The van der Waals surface area contributed by atoms with Crippen LogP contribution < -0.4 is 14.5 Å². The van der Waals surface area contributed by atoms with E-state index in [0.717, 1.165) is 45.0 Å². The Kier molecular flexibility index (Phi) is 11.5. The average molecular weight is 893 g/mol. The molecule has 5 heteroatoms. The van der Waals surface area contributed by atoms with Gasteiger partial charge in [0.25, 0.3) is 0 Å². The van der Waals surface area contributed by atoms with E-state index in [0.29, 0.717) is 24.4 Å². The Labute approximate surface area is 403 Å². The molecule has 0 saturated carbocycles. The van der Waals surface area contributed by atoms with E-state index in [1.807, 2.05) is 6.20 Å². The zero-order chi connectivity index (χ0) is 47.6. The molecular formula is C63H64N4O. The monoisotopic (exact) mass is 893 g/mol. The second kappa shape index (κ2) is 17.5. The van der Waals surface area contributed by atoms with Crippen LogP contribution in [0, 0.1) is 13.8 Å². The lowest BCUT2D eigenvalue weighted by Gasteiger charge is -2.25. The Morgan fingerprint density at radius 2 is 1.13 bits per heavy atom. The topological polar surface area (TPSA) is 33.5 Å². The summed E-state index contributed by atoms with van der Waals surface area (Å²) in [6.07, 6.45) is 1.94. The van der Waals surface area contributed by atoms with Crippen molar-refractivity contribution in [2.75, 3.05) is 16.5 Å². The number of benzene rings is 7. The highest BCUT2D eigenvalue weighted by molar-refractivity contribution is 6.09. The van der Waals surface area contributed by atoms with Crippen molar-refractivity contribution < 1.29 is 4.74 Å². The molecule has 0 atom stereocenters. The summed E-state index contributed by atoms with van der Waals surface area (Å²) in [5.41, 5.74) is 19.6. The number of pyridine rings is 1. The molecule has 5 nitrogen and oxygen atoms in total. The number of anilines is 4. The van der Waals surface area contributed by atoms with Gasteiger partial charge >= 0.3 is 0 Å². The van der Waals surface area contributed by atoms with Crippen LogP contribution in [0.2, 0.25) is 0 Å². The van der Waals surface area contributed by atoms with Gasteiger partial charge in [-0.05, 0) is 159 Å². The molecule has 2 aromatic heterocycles. The van der Waals surface area contributed by atoms with Crippen LogP contribution in [0.4, 0.5) is 22.7 Å². The number of hydrogen-bond acceptors (Lipinski definition) is 4. The van der Waals surface area contributed by atoms with Gasteiger partial charge < -0.3 is 14.5 Å². The average Bonchev–Trinajstić information content (AvgIpc) is 3.86. The lowest BCUT2D eigenvalue weighted by molar-refractivity contribution is 0.483. The molecule has 68 heavy (non-hydrogen) atoms. The van der Waals surface area contributed by atoms with Gasteiger partial charge in [-0.2, -0.15) is 0 Å². The van der Waals surface area contributed by atoms with Crippen molar-refractivity contribution in [2.45, 2.75) is 99.3 Å². The highest BCUT2D eigenvalue weighted by Crippen LogP contribution is 2.49. The van der Waals surface area contributed by atoms with Crippen LogP contribution >= 0.6 is 0 Å². The highest BCUT2D eigenvalue weighted by atomic mass is 16.5. The van der Waals surface area contributed by atoms with Crippen LogP contribution in [0.15, 0.2) is 158 Å². The number of nitrogens with zero attached hydrogens (tertiary/aromatic N) is 4. The standard InChI is InChI=1S/C63H64N4O/c1-39(2)51-20-12-13-21-54(51)45-33-48(36-50(34-45)68-49-26-27-56-55-22-14-15-25-57(55)67(58(56)37-49)61-35-46(28-29-64-61)63(9,10)11)66-38-65(59-30-42(7)43(8)31-60(59)66)47-19-16-18-44(32-47)62-52(40(3)4)23-17-24-53(62)41(5)6/h12-37,39-41H,38H2,1-11H3. The number of ether oxygens (including phenoxy) is 1. The SMILES string of the molecule is Cc1cc2c(cc1C)N(c1cccc(-c3c(C(C)C)cccc3C(C)C)c1)CN2c1cc(Oc2ccc3c4ccccc4n(-c4cc(C(C)(C)C)ccn4)c3c2)cc(-c2ccccc2C(C)C)c1. The molecule has 0 saturated heterocycles. The van der Waals surface area contributed by atoms with Crippen LogP contribution in [0.1, 0.15) is 113 Å². The third-order valence-electron chi connectivity index (χ3n) is 14.1. The first-order chi connectivity index (χ1) is 32.6. The molecule has 10 rings (SSSR count). The third kappa shape index (κ3) is 8.12. The minimum atomic E-state index is -0.0205. The number of aromatic nitrogens is 2. The summed E-state index contributed by atoms with van der Waals surface area (Å²) in [5, 5.41) is 2.34. The second-order valence-electron chi connectivity index (χ2n) is 20.8. The number of hydrogen-bond donors (Lipinski definition) is 0. The fourth-order valence-corrected chi connectivity index (χ4v) is 10.3. The number of para-hydroxylation sites is 1. The molecule has 1 aliphatic rings. The predicted molar refractivity (Wildman–Crippen MR) is 288 cm³/mol. The summed E-state index contributed by atoms with van der Waals surface area (Å²) in [6.45, 7) is 25.6. The molecule has 0 N–H and O–H groups in total. The van der Waals surface area contributed by atoms with Gasteiger partial charge in [0.1, 0.15) is 24.0 Å². The summed E-state index contributed by atoms with van der Waals surface area (Å²) in [5.74, 6) is 3.59. The molecule has 0 radical (unpaired) electrons. The molecule has 1 aliphatic heterocycles. The fraction of sp³-hybridized carbons (Fsp3) is 0.254. The Morgan fingerprint density at radius 1 is 0.515 bits per heavy atom. The van der Waals surface area contributed by atoms with Crippen LogP contribution in [-0.2, 0) is 5.41 Å². The van der Waals surface area contributed by atoms with E-state index in [9.17, 15) is 0 Å². The van der Waals surface area contributed by atoms with Gasteiger partial charge in [-0.3, -0.25) is 4.57 Å². The fourth-order valence-electron chi connectivity index (χ4n) is 10.3. The molecule has 342 valence electrons. The summed E-state index contributed by atoms with van der Waals surface area (Å²) in [4.78, 5) is 9.91. The summed E-state index contributed by atoms with van der Waals surface area (Å²) in [6, 6.07) is 55.9. The normalized spacial score (nSPS) is 12.9. The van der Waals surface area contributed by atoms with Gasteiger partial charge in [-0.15, -0.1) is 0 Å². The van der Waals surface area contributed by atoms with E-state index in [-0.39, 0.29) is 5.41 Å². The van der Waals surface area contributed by atoms with E-state index in [4.69, 9.17) is 9.72 Å². The molecule has 0 amide bonds. The Balaban J connectivity index is 1.11. The predicted octanol–water partition coefficient (Wildman–Crippen LogP) is 17.8. The smallest absolute Gasteiger partial charge is 0.137 e. The first-order valence-corrected chi connectivity index (χ1v) is 24.5. The van der Waals surface area contributed by atoms with E-state index in [1.165, 1.54) is 72.5 Å². The van der Waals surface area contributed by atoms with Crippen molar-refractivity contribution in [1.82, 2.24) is 9.55 Å². The van der Waals surface area contributed by atoms with E-state index < -0.39 is 0 Å². The van der Waals surface area contributed by atoms with Gasteiger partial charge in [-0.25, -0.2) is 4.98 Å². The quantitative estimate of drug-likeness (QED) is 0.137. The van der Waals surface area contributed by atoms with Crippen LogP contribution in [0.5, 0.6) is 11.5 Å². The molecule has 0 aliphatic carbocycles. The largest absolute Gasteiger partial charge is 0.457 e. The van der Waals surface area contributed by atoms with Gasteiger partial charge in [-0.1, -0.05) is 135 Å². The molecule has 3 heterocycles. The number of rotatable bonds is 10. The maximum atomic E-state index is 7.11. The van der Waals surface area contributed by atoms with Gasteiger partial charge in [0.2, 0.25) is 0 Å². The second-order valence-corrected chi connectivity index (χ2v) is 20.8. The number of fused-ring (bicyclic) bond motifs is 4. The van der Waals surface area contributed by atoms with Crippen molar-refractivity contribution in [3.8, 4) is 39.6 Å². The molecule has 0 bridgehead atoms. The van der Waals surface area contributed by atoms with Crippen LogP contribution in [0.3, 0.4) is 0 Å². The van der Waals surface area contributed by atoms with Crippen molar-refractivity contribution in [3.63, 3.8) is 0 Å². The van der Waals surface area contributed by atoms with Gasteiger partial charge in [0.15, 0.2) is 0 Å². The first-order valence-electron chi connectivity index (χ1n) is 24.5. The molecule has 0 spiro atoms. The lowest BCUT2D eigenvalue weighted by Crippen LogP contribution is -2.24. The zero-order valence-corrected chi connectivity index (χ0v) is 41.6. The minimum absolute atomic E-state index is 0.0205. The van der Waals surface area contributed by atoms with Gasteiger partial charge in [0, 0.05) is 40.5 Å². The first kappa shape index (κ1) is 44.7. The maximum absolute atomic E-state index is 7.11. The summed E-state index contributed by atoms with van der Waals surface area (Å²) >= 11 is 0. The highest BCUT2D eigenvalue weighted by Gasteiger charge is 2.31. The lowest BCUT2D eigenvalue weighted by atomic mass is 9.85. The van der Waals surface area contributed by atoms with E-state index in [2.05, 4.69) is 242 Å². The molecule has 7 aromatic carbocycles. The summed E-state index contributed by atoms with van der Waals surface area (Å²) < 4.78 is 9.39. The zero-order valence-electron chi connectivity index (χ0n) is 41.6. The van der Waals surface area contributed by atoms with Crippen molar-refractivity contribution in [1.29, 1.82) is 0 Å². The Morgan fingerprint density at radius 3 is 1.84 bits per heavy atom. The number of aryl methyl sites for hydroxylation is 2. The molecule has 0 unspecified atom stereocenters. The van der Waals surface area contributed by atoms with Crippen LogP contribution in [0.25, 0.3) is 49.9 Å². The van der Waals surface area contributed by atoms with E-state index >= 15 is 0 Å². The minimum Gasteiger partial charge on any atom is -0.457 e. The maximum Gasteiger partial charge on any atom is 0.137 e. The third-order valence-corrected chi connectivity index (χ3v) is 14.1. The Hall–Kier alpha value is -7.11.